The van der Waals surface area contributed by atoms with Gasteiger partial charge in [0.25, 0.3) is 5.67 Å². The molecule has 0 bridgehead atoms. The lowest BCUT2D eigenvalue weighted by Crippen LogP contribution is -2.55. The van der Waals surface area contributed by atoms with Crippen LogP contribution in [0.15, 0.2) is 0 Å². The van der Waals surface area contributed by atoms with Crippen LogP contribution in [0.3, 0.4) is 0 Å². The second-order valence-electron chi connectivity index (χ2n) is 7.32. The molecule has 0 saturated carbocycles. The third-order valence-electron chi connectivity index (χ3n) is 4.92. The Morgan fingerprint density at radius 3 is 1.57 bits per heavy atom. The Labute approximate surface area is 190 Å². The Morgan fingerprint density at radius 1 is 0.829 bits per heavy atom. The zero-order valence-electron chi connectivity index (χ0n) is 17.8. The summed E-state index contributed by atoms with van der Waals surface area (Å²) >= 11 is 0. The van der Waals surface area contributed by atoms with Crippen LogP contribution in [0.1, 0.15) is 26.2 Å². The fraction of sp³-hybridized carbons (Fsp3) is 0.938. The molecule has 0 saturated heterocycles. The van der Waals surface area contributed by atoms with Gasteiger partial charge in [0, 0.05) is 13.0 Å². The highest BCUT2D eigenvalue weighted by Crippen LogP contribution is 2.53. The molecule has 0 radical (unpaired) electrons. The predicted molar refractivity (Wildman–Crippen MR) is 91.9 cm³/mol. The molecule has 210 valence electrons. The Hall–Kier alpha value is -1.53. The number of likely N-dealkylation sites (N-methyl/N-ethyl adjacent to an activating group) is 1. The van der Waals surface area contributed by atoms with Gasteiger partial charge in [0.2, 0.25) is 10.0 Å². The first kappa shape index (κ1) is 33.5. The summed E-state index contributed by atoms with van der Waals surface area (Å²) in [6.07, 6.45) is -33.4. The Balaban J connectivity index is 6.06. The van der Waals surface area contributed by atoms with Crippen LogP contribution in [-0.4, -0.2) is 75.0 Å². The molecule has 0 aliphatic carbocycles. The fourth-order valence-electron chi connectivity index (χ4n) is 2.86. The molecule has 0 aliphatic rings. The van der Waals surface area contributed by atoms with Crippen LogP contribution in [0.2, 0.25) is 0 Å². The first-order valence-electron chi connectivity index (χ1n) is 9.33. The molecular formula is C16H20F13NO4S. The number of methoxy groups -OCH3 is 1. The van der Waals surface area contributed by atoms with Gasteiger partial charge >= 0.3 is 30.7 Å². The van der Waals surface area contributed by atoms with Crippen molar-refractivity contribution in [1.82, 2.24) is 4.31 Å². The van der Waals surface area contributed by atoms with Gasteiger partial charge in [-0.2, -0.15) is 57.0 Å². The number of sulfonamides is 1. The molecule has 0 fully saturated rings. The molecule has 0 amide bonds. The van der Waals surface area contributed by atoms with E-state index in [-0.39, 0.29) is 0 Å². The number of rotatable bonds is 11. The first-order valence-corrected chi connectivity index (χ1v) is 10.9. The lowest BCUT2D eigenvalue weighted by molar-refractivity contribution is -0.353. The topological polar surface area (TPSA) is 63.7 Å². The van der Waals surface area contributed by atoms with Gasteiger partial charge in [0.05, 0.1) is 24.7 Å². The van der Waals surface area contributed by atoms with Crippen LogP contribution in [0, 0.1) is 11.8 Å². The van der Waals surface area contributed by atoms with Crippen molar-refractivity contribution in [1.29, 1.82) is 0 Å². The van der Waals surface area contributed by atoms with E-state index in [0.29, 0.717) is 4.31 Å². The molecule has 5 nitrogen and oxygen atoms in total. The molecule has 0 aliphatic heterocycles. The van der Waals surface area contributed by atoms with Gasteiger partial charge in [-0.05, 0) is 12.8 Å². The molecule has 0 heterocycles. The van der Waals surface area contributed by atoms with E-state index in [1.807, 2.05) is 0 Å². The average Bonchev–Trinajstić information content (AvgIpc) is 2.63. The maximum absolute atomic E-state index is 13.8. The normalized spacial score (nSPS) is 16.3. The summed E-state index contributed by atoms with van der Waals surface area (Å²) in [5, 5.41) is 0. The van der Waals surface area contributed by atoms with Crippen molar-refractivity contribution >= 4 is 16.0 Å². The summed E-state index contributed by atoms with van der Waals surface area (Å²) in [6, 6.07) is 0. The second-order valence-corrected chi connectivity index (χ2v) is 9.41. The summed E-state index contributed by atoms with van der Waals surface area (Å²) in [5.74, 6) is -10.2. The molecule has 0 aromatic rings. The van der Waals surface area contributed by atoms with Gasteiger partial charge < -0.3 is 4.74 Å². The van der Waals surface area contributed by atoms with Gasteiger partial charge in [-0.15, -0.1) is 0 Å². The smallest absolute Gasteiger partial charge is 0.431 e. The molecule has 0 N–H and O–H groups in total. The van der Waals surface area contributed by atoms with Crippen molar-refractivity contribution in [2.75, 3.05) is 26.0 Å². The van der Waals surface area contributed by atoms with Crippen LogP contribution in [0.5, 0.6) is 0 Å². The molecule has 0 aromatic heterocycles. The van der Waals surface area contributed by atoms with Crippen molar-refractivity contribution < 1.29 is 75.0 Å². The van der Waals surface area contributed by atoms with Crippen molar-refractivity contribution in [2.24, 2.45) is 11.8 Å². The number of esters is 1. The van der Waals surface area contributed by atoms with Crippen molar-refractivity contribution in [3.05, 3.63) is 0 Å². The highest BCUT2D eigenvalue weighted by molar-refractivity contribution is 7.89. The minimum Gasteiger partial charge on any atom is -0.468 e. The quantitative estimate of drug-likeness (QED) is 0.255. The minimum atomic E-state index is -6.94. The van der Waals surface area contributed by atoms with Crippen molar-refractivity contribution in [2.45, 2.75) is 56.6 Å². The van der Waals surface area contributed by atoms with Crippen LogP contribution in [0.25, 0.3) is 0 Å². The zero-order valence-corrected chi connectivity index (χ0v) is 18.6. The molecule has 2 atom stereocenters. The highest BCUT2D eigenvalue weighted by atomic mass is 32.2. The first-order chi connectivity index (χ1) is 15.3. The standard InChI is InChI=1S/C16H20F13NO4S/c1-3-30(8-11(31)34-2)35(32,33)5-4-9(13(18,19)20)6-10(14(21,22)23)7-12(17,15(24,25)26)16(27,28)29/h9-10H,3-8H2,1-2H3. The number of halogens is 13. The third kappa shape index (κ3) is 9.13. The largest absolute Gasteiger partial charge is 0.468 e. The number of nitrogens with zero attached hydrogens (tertiary/aromatic N) is 1. The molecule has 0 aromatic carbocycles. The summed E-state index contributed by atoms with van der Waals surface area (Å²) in [6.45, 7) is -0.351. The number of hydrogen-bond acceptors (Lipinski definition) is 4. The molecule has 19 heteroatoms. The van der Waals surface area contributed by atoms with Crippen molar-refractivity contribution in [3.8, 4) is 0 Å². The third-order valence-corrected chi connectivity index (χ3v) is 6.85. The Morgan fingerprint density at radius 2 is 1.26 bits per heavy atom. The number of carbonyl (C=O) groups is 1. The van der Waals surface area contributed by atoms with Gasteiger partial charge in [-0.1, -0.05) is 6.92 Å². The van der Waals surface area contributed by atoms with E-state index in [9.17, 15) is 70.3 Å². The summed E-state index contributed by atoms with van der Waals surface area (Å²) in [7, 11) is -3.93. The Kier molecular flexibility index (Phi) is 10.8. The Bertz CT molecular complexity index is 788. The average molecular weight is 569 g/mol. The molecule has 0 rings (SSSR count). The van der Waals surface area contributed by atoms with E-state index in [4.69, 9.17) is 0 Å². The predicted octanol–water partition coefficient (Wildman–Crippen LogP) is 5.17. The van der Waals surface area contributed by atoms with Crippen LogP contribution in [0.4, 0.5) is 57.1 Å². The summed E-state index contributed by atoms with van der Waals surface area (Å²) < 4.78 is 198. The number of ether oxygens (including phenoxy) is 1. The maximum atomic E-state index is 13.8. The zero-order chi connectivity index (χ0) is 28.3. The highest BCUT2D eigenvalue weighted by Gasteiger charge is 2.74. The molecule has 35 heavy (non-hydrogen) atoms. The lowest BCUT2D eigenvalue weighted by atomic mass is 9.83. The summed E-state index contributed by atoms with van der Waals surface area (Å²) in [4.78, 5) is 11.2. The monoisotopic (exact) mass is 569 g/mol. The number of alkyl halides is 13. The van der Waals surface area contributed by atoms with E-state index >= 15 is 0 Å². The second kappa shape index (κ2) is 11.2. The van der Waals surface area contributed by atoms with E-state index in [2.05, 4.69) is 4.74 Å². The fourth-order valence-corrected chi connectivity index (χ4v) is 4.39. The van der Waals surface area contributed by atoms with Gasteiger partial charge in [0.15, 0.2) is 0 Å². The number of hydrogen-bond donors (Lipinski definition) is 0. The van der Waals surface area contributed by atoms with E-state index in [1.165, 1.54) is 0 Å². The van der Waals surface area contributed by atoms with Gasteiger partial charge in [0.1, 0.15) is 6.54 Å². The van der Waals surface area contributed by atoms with Gasteiger partial charge in [-0.25, -0.2) is 12.8 Å². The van der Waals surface area contributed by atoms with Crippen LogP contribution < -0.4 is 0 Å². The SMILES string of the molecule is CCN(CC(=O)OC)S(=O)(=O)CCC(CC(CC(F)(C(F)(F)F)C(F)(F)F)C(F)(F)F)C(F)(F)F. The molecule has 0 spiro atoms. The van der Waals surface area contributed by atoms with E-state index in [1.54, 1.807) is 0 Å². The molecular weight excluding hydrogens is 549 g/mol. The summed E-state index contributed by atoms with van der Waals surface area (Å²) in [5.41, 5.74) is -6.48. The number of carbonyl (C=O) groups excluding carboxylic acids is 1. The lowest BCUT2D eigenvalue weighted by Gasteiger charge is -2.35. The van der Waals surface area contributed by atoms with Crippen molar-refractivity contribution in [3.63, 3.8) is 0 Å². The van der Waals surface area contributed by atoms with Crippen LogP contribution >= 0.6 is 0 Å². The molecule has 2 unspecified atom stereocenters. The van der Waals surface area contributed by atoms with Gasteiger partial charge in [-0.3, -0.25) is 4.79 Å². The van der Waals surface area contributed by atoms with E-state index < -0.39 is 96.3 Å². The minimum absolute atomic E-state index is 0.299. The maximum Gasteiger partial charge on any atom is 0.431 e. The van der Waals surface area contributed by atoms with E-state index in [0.717, 1.165) is 14.0 Å². The van der Waals surface area contributed by atoms with Crippen LogP contribution in [-0.2, 0) is 19.6 Å².